The third-order valence-electron chi connectivity index (χ3n) is 4.66. The van der Waals surface area contributed by atoms with Crippen LogP contribution in [0.1, 0.15) is 53.0 Å². The molecule has 1 aromatic heterocycles. The summed E-state index contributed by atoms with van der Waals surface area (Å²) in [5.41, 5.74) is 2.21. The van der Waals surface area contributed by atoms with E-state index in [0.29, 0.717) is 5.75 Å². The van der Waals surface area contributed by atoms with Crippen molar-refractivity contribution in [2.75, 3.05) is 7.11 Å². The summed E-state index contributed by atoms with van der Waals surface area (Å²) in [7, 11) is 1.60. The van der Waals surface area contributed by atoms with Crippen LogP contribution < -0.4 is 15.6 Å². The van der Waals surface area contributed by atoms with E-state index in [1.54, 1.807) is 19.2 Å². The number of ether oxygens (including phenoxy) is 1. The molecule has 2 N–H and O–H groups in total. The second-order valence-electron chi connectivity index (χ2n) is 6.87. The Morgan fingerprint density at radius 3 is 2.29 bits per heavy atom. The number of rotatable bonds is 6. The number of pyridine rings is 1. The van der Waals surface area contributed by atoms with Crippen LogP contribution in [-0.4, -0.2) is 18.0 Å². The minimum Gasteiger partial charge on any atom is -0.496 e. The average Bonchev–Trinajstić information content (AvgIpc) is 2.72. The number of benzene rings is 2. The molecule has 0 aliphatic heterocycles. The molecule has 0 spiro atoms. The van der Waals surface area contributed by atoms with Gasteiger partial charge in [-0.1, -0.05) is 62.4 Å². The highest BCUT2D eigenvalue weighted by molar-refractivity contribution is 5.94. The van der Waals surface area contributed by atoms with Crippen LogP contribution in [0, 0.1) is 0 Å². The summed E-state index contributed by atoms with van der Waals surface area (Å²) < 4.78 is 5.48. The van der Waals surface area contributed by atoms with Crippen LogP contribution in [-0.2, 0) is 0 Å². The number of para-hydroxylation sites is 1. The van der Waals surface area contributed by atoms with E-state index in [-0.39, 0.29) is 11.5 Å². The summed E-state index contributed by atoms with van der Waals surface area (Å²) in [4.78, 5) is 28.1. The molecule has 5 nitrogen and oxygen atoms in total. The fourth-order valence-corrected chi connectivity index (χ4v) is 3.10. The first kappa shape index (κ1) is 19.4. The van der Waals surface area contributed by atoms with Gasteiger partial charge in [-0.15, -0.1) is 0 Å². The fraction of sp³-hybridized carbons (Fsp3) is 0.217. The van der Waals surface area contributed by atoms with Crippen LogP contribution in [0.4, 0.5) is 0 Å². The van der Waals surface area contributed by atoms with Gasteiger partial charge >= 0.3 is 0 Å². The highest BCUT2D eigenvalue weighted by Gasteiger charge is 2.22. The number of carbonyl (C=O) groups is 1. The molecule has 0 bridgehead atoms. The zero-order valence-electron chi connectivity index (χ0n) is 16.2. The van der Waals surface area contributed by atoms with E-state index in [9.17, 15) is 9.59 Å². The van der Waals surface area contributed by atoms with Crippen LogP contribution in [0.5, 0.6) is 5.75 Å². The molecule has 0 saturated heterocycles. The zero-order chi connectivity index (χ0) is 20.1. The number of H-pyrrole nitrogens is 1. The lowest BCUT2D eigenvalue weighted by Gasteiger charge is -2.22. The first-order chi connectivity index (χ1) is 13.5. The van der Waals surface area contributed by atoms with Crippen molar-refractivity contribution < 1.29 is 9.53 Å². The molecule has 1 heterocycles. The van der Waals surface area contributed by atoms with Gasteiger partial charge < -0.3 is 15.0 Å². The van der Waals surface area contributed by atoms with Crippen LogP contribution in [0.2, 0.25) is 0 Å². The van der Waals surface area contributed by atoms with Crippen molar-refractivity contribution >= 4 is 5.91 Å². The molecule has 0 fully saturated rings. The summed E-state index contributed by atoms with van der Waals surface area (Å²) >= 11 is 0. The Hall–Kier alpha value is -3.34. The van der Waals surface area contributed by atoms with Crippen molar-refractivity contribution in [3.63, 3.8) is 0 Å². The number of nitrogens with one attached hydrogen (secondary N) is 2. The monoisotopic (exact) mass is 376 g/mol. The zero-order valence-corrected chi connectivity index (χ0v) is 16.2. The van der Waals surface area contributed by atoms with Crippen LogP contribution in [0.3, 0.4) is 0 Å². The van der Waals surface area contributed by atoms with E-state index in [0.717, 1.165) is 16.8 Å². The first-order valence-corrected chi connectivity index (χ1v) is 9.23. The summed E-state index contributed by atoms with van der Waals surface area (Å²) in [6.45, 7) is 3.97. The van der Waals surface area contributed by atoms with Gasteiger partial charge in [-0.3, -0.25) is 9.59 Å². The van der Waals surface area contributed by atoms with Crippen molar-refractivity contribution in [2.45, 2.75) is 25.8 Å². The minimum atomic E-state index is -0.450. The highest BCUT2D eigenvalue weighted by Crippen LogP contribution is 2.30. The van der Waals surface area contributed by atoms with Gasteiger partial charge in [-0.25, -0.2) is 0 Å². The van der Waals surface area contributed by atoms with Gasteiger partial charge in [-0.05, 0) is 29.7 Å². The third-order valence-corrected chi connectivity index (χ3v) is 4.66. The maximum Gasteiger partial charge on any atom is 0.261 e. The minimum absolute atomic E-state index is 0.0835. The van der Waals surface area contributed by atoms with Gasteiger partial charge in [0.05, 0.1) is 13.2 Å². The average molecular weight is 376 g/mol. The molecule has 2 aromatic carbocycles. The Kier molecular flexibility index (Phi) is 5.94. The van der Waals surface area contributed by atoms with E-state index >= 15 is 0 Å². The lowest BCUT2D eigenvalue weighted by Crippen LogP contribution is -2.33. The predicted octanol–water partition coefficient (Wildman–Crippen LogP) is 4.03. The second-order valence-corrected chi connectivity index (χ2v) is 6.87. The maximum absolute atomic E-state index is 12.9. The lowest BCUT2D eigenvalue weighted by molar-refractivity contribution is 0.0941. The number of amides is 1. The number of aromatic nitrogens is 1. The van der Waals surface area contributed by atoms with Crippen LogP contribution >= 0.6 is 0 Å². The molecule has 5 heteroatoms. The van der Waals surface area contributed by atoms with Crippen molar-refractivity contribution in [3.8, 4) is 5.75 Å². The van der Waals surface area contributed by atoms with Crippen LogP contribution in [0.15, 0.2) is 71.5 Å². The van der Waals surface area contributed by atoms with Crippen LogP contribution in [0.25, 0.3) is 0 Å². The van der Waals surface area contributed by atoms with Gasteiger partial charge in [0, 0.05) is 11.3 Å². The summed E-state index contributed by atoms with van der Waals surface area (Å²) in [5.74, 6) is 0.410. The normalized spacial score (nSPS) is 11.9. The molecular weight excluding hydrogens is 352 g/mol. The van der Waals surface area contributed by atoms with Gasteiger partial charge in [0.25, 0.3) is 11.5 Å². The maximum atomic E-state index is 12.9. The predicted molar refractivity (Wildman–Crippen MR) is 110 cm³/mol. The standard InChI is InChI=1S/C23H24N2O3/c1-15(2)19-14-13-18(22(26)24-19)23(27)25-21(16-9-5-4-6-10-16)17-11-7-8-12-20(17)28-3/h4-15,21H,1-3H3,(H,24,26)(H,25,27)/t21-/m1/s1. The molecule has 28 heavy (non-hydrogen) atoms. The lowest BCUT2D eigenvalue weighted by atomic mass is 9.97. The molecule has 3 aromatic rings. The van der Waals surface area contributed by atoms with Gasteiger partial charge in [-0.2, -0.15) is 0 Å². The molecule has 144 valence electrons. The molecule has 0 saturated carbocycles. The number of aromatic amines is 1. The van der Waals surface area contributed by atoms with E-state index in [1.165, 1.54) is 0 Å². The Labute approximate surface area is 164 Å². The topological polar surface area (TPSA) is 71.2 Å². The molecule has 0 aliphatic rings. The fourth-order valence-electron chi connectivity index (χ4n) is 3.10. The Morgan fingerprint density at radius 2 is 1.64 bits per heavy atom. The van der Waals surface area contributed by atoms with Gasteiger partial charge in [0.1, 0.15) is 11.3 Å². The molecular formula is C23H24N2O3. The molecule has 0 aliphatic carbocycles. The molecule has 3 rings (SSSR count). The SMILES string of the molecule is COc1ccccc1[C@H](NC(=O)c1ccc(C(C)C)[nH]c1=O)c1ccccc1. The highest BCUT2D eigenvalue weighted by atomic mass is 16.5. The summed E-state index contributed by atoms with van der Waals surface area (Å²) in [6, 6.07) is 20.0. The van der Waals surface area contributed by atoms with Gasteiger partial charge in [0.2, 0.25) is 0 Å². The Morgan fingerprint density at radius 1 is 0.964 bits per heavy atom. The Bertz CT molecular complexity index is 1010. The van der Waals surface area contributed by atoms with Gasteiger partial charge in [0.15, 0.2) is 0 Å². The van der Waals surface area contributed by atoms with E-state index < -0.39 is 17.5 Å². The second kappa shape index (κ2) is 8.57. The third kappa shape index (κ3) is 4.14. The van der Waals surface area contributed by atoms with E-state index in [2.05, 4.69) is 10.3 Å². The molecule has 1 amide bonds. The van der Waals surface area contributed by atoms with Crippen molar-refractivity contribution in [1.29, 1.82) is 0 Å². The van der Waals surface area contributed by atoms with Crippen molar-refractivity contribution in [2.24, 2.45) is 0 Å². The number of methoxy groups -OCH3 is 1. The molecule has 1 atom stereocenters. The largest absolute Gasteiger partial charge is 0.496 e. The molecule has 0 radical (unpaired) electrons. The van der Waals surface area contributed by atoms with Crippen molar-refractivity contribution in [1.82, 2.24) is 10.3 Å². The van der Waals surface area contributed by atoms with E-state index in [1.807, 2.05) is 68.4 Å². The number of hydrogen-bond donors (Lipinski definition) is 2. The summed E-state index contributed by atoms with van der Waals surface area (Å²) in [6.07, 6.45) is 0. The van der Waals surface area contributed by atoms with E-state index in [4.69, 9.17) is 4.74 Å². The first-order valence-electron chi connectivity index (χ1n) is 9.23. The number of carbonyl (C=O) groups excluding carboxylic acids is 1. The quantitative estimate of drug-likeness (QED) is 0.682. The number of hydrogen-bond acceptors (Lipinski definition) is 3. The smallest absolute Gasteiger partial charge is 0.261 e. The summed E-state index contributed by atoms with van der Waals surface area (Å²) in [5, 5.41) is 2.99. The Balaban J connectivity index is 1.99. The van der Waals surface area contributed by atoms with Crippen molar-refractivity contribution in [3.05, 3.63) is 99.5 Å². The molecule has 0 unspecified atom stereocenters.